The van der Waals surface area contributed by atoms with E-state index in [-0.39, 0.29) is 0 Å². The average Bonchev–Trinajstić information content (AvgIpc) is 2.37. The summed E-state index contributed by atoms with van der Waals surface area (Å²) in [4.78, 5) is 19.9. The van der Waals surface area contributed by atoms with Crippen LogP contribution in [-0.2, 0) is 4.74 Å². The van der Waals surface area contributed by atoms with Gasteiger partial charge in [0.1, 0.15) is 17.1 Å². The number of hydrogen-bond acceptors (Lipinski definition) is 4. The first-order chi connectivity index (χ1) is 9.85. The van der Waals surface area contributed by atoms with E-state index in [4.69, 9.17) is 16.3 Å². The fraction of sp³-hybridized carbons (Fsp3) is 0.267. The van der Waals surface area contributed by atoms with Crippen molar-refractivity contribution < 1.29 is 9.53 Å². The van der Waals surface area contributed by atoms with E-state index >= 15 is 0 Å². The summed E-state index contributed by atoms with van der Waals surface area (Å²) < 4.78 is 5.25. The number of halogens is 1. The van der Waals surface area contributed by atoms with Crippen LogP contribution in [0.4, 0.5) is 10.5 Å². The van der Waals surface area contributed by atoms with Crippen LogP contribution in [0, 0.1) is 0 Å². The molecule has 21 heavy (non-hydrogen) atoms. The number of anilines is 1. The van der Waals surface area contributed by atoms with Crippen LogP contribution < -0.4 is 5.32 Å². The fourth-order valence-corrected chi connectivity index (χ4v) is 1.86. The zero-order valence-electron chi connectivity index (χ0n) is 12.1. The number of rotatable bonds is 2. The van der Waals surface area contributed by atoms with E-state index in [1.54, 1.807) is 12.1 Å². The minimum absolute atomic E-state index is 0.340. The van der Waals surface area contributed by atoms with Gasteiger partial charge in [0.05, 0.1) is 11.4 Å². The molecule has 1 heterocycles. The maximum atomic E-state index is 11.9. The van der Waals surface area contributed by atoms with E-state index in [2.05, 4.69) is 15.3 Å². The fourth-order valence-electron chi connectivity index (χ4n) is 1.71. The smallest absolute Gasteiger partial charge is 0.412 e. The Balaban J connectivity index is 2.28. The van der Waals surface area contributed by atoms with Crippen molar-refractivity contribution in [1.29, 1.82) is 0 Å². The molecule has 0 unspecified atom stereocenters. The van der Waals surface area contributed by atoms with Gasteiger partial charge in [-0.1, -0.05) is 29.8 Å². The van der Waals surface area contributed by atoms with Crippen molar-refractivity contribution >= 4 is 23.4 Å². The highest BCUT2D eigenvalue weighted by molar-refractivity contribution is 6.29. The van der Waals surface area contributed by atoms with E-state index in [9.17, 15) is 4.79 Å². The Kier molecular flexibility index (Phi) is 4.43. The van der Waals surface area contributed by atoms with Crippen LogP contribution in [0.25, 0.3) is 11.3 Å². The molecule has 0 spiro atoms. The van der Waals surface area contributed by atoms with Gasteiger partial charge in [0.15, 0.2) is 0 Å². The van der Waals surface area contributed by atoms with Gasteiger partial charge in [-0.05, 0) is 26.8 Å². The Bertz CT molecular complexity index is 653. The largest absolute Gasteiger partial charge is 0.444 e. The maximum Gasteiger partial charge on any atom is 0.412 e. The lowest BCUT2D eigenvalue weighted by atomic mass is 10.1. The third-order valence-corrected chi connectivity index (χ3v) is 2.68. The molecule has 0 radical (unpaired) electrons. The number of nitrogens with zero attached hydrogens (tertiary/aromatic N) is 2. The number of amides is 1. The number of ether oxygens (including phenoxy) is 1. The van der Waals surface area contributed by atoms with Crippen LogP contribution in [0.2, 0.25) is 5.15 Å². The molecule has 0 fully saturated rings. The van der Waals surface area contributed by atoms with Crippen LogP contribution >= 0.6 is 11.6 Å². The first-order valence-corrected chi connectivity index (χ1v) is 6.80. The lowest BCUT2D eigenvalue weighted by Gasteiger charge is -2.20. The van der Waals surface area contributed by atoms with Crippen LogP contribution in [-0.4, -0.2) is 21.7 Å². The Morgan fingerprint density at radius 2 is 1.95 bits per heavy atom. The number of hydrogen-bond donors (Lipinski definition) is 1. The maximum absolute atomic E-state index is 11.9. The second-order valence-corrected chi connectivity index (χ2v) is 5.79. The number of para-hydroxylation sites is 1. The Hall–Kier alpha value is -2.14. The molecule has 2 aromatic rings. The van der Waals surface area contributed by atoms with Crippen LogP contribution in [0.15, 0.2) is 36.7 Å². The minimum atomic E-state index is -0.558. The summed E-state index contributed by atoms with van der Waals surface area (Å²) in [5.74, 6) is 0. The highest BCUT2D eigenvalue weighted by atomic mass is 35.5. The molecule has 110 valence electrons. The van der Waals surface area contributed by atoms with Crippen molar-refractivity contribution in [2.75, 3.05) is 5.32 Å². The van der Waals surface area contributed by atoms with Gasteiger partial charge in [0, 0.05) is 11.6 Å². The van der Waals surface area contributed by atoms with Gasteiger partial charge in [0.2, 0.25) is 0 Å². The van der Waals surface area contributed by atoms with E-state index < -0.39 is 11.7 Å². The first kappa shape index (κ1) is 15.3. The quantitative estimate of drug-likeness (QED) is 0.847. The van der Waals surface area contributed by atoms with E-state index in [0.29, 0.717) is 16.5 Å². The third kappa shape index (κ3) is 4.43. The van der Waals surface area contributed by atoms with Gasteiger partial charge in [-0.2, -0.15) is 0 Å². The molecule has 0 aliphatic carbocycles. The average molecular weight is 306 g/mol. The predicted octanol–water partition coefficient (Wildman–Crippen LogP) is 4.14. The highest BCUT2D eigenvalue weighted by Crippen LogP contribution is 2.27. The predicted molar refractivity (Wildman–Crippen MR) is 82.3 cm³/mol. The Labute approximate surface area is 128 Å². The number of benzene rings is 1. The zero-order valence-corrected chi connectivity index (χ0v) is 12.8. The lowest BCUT2D eigenvalue weighted by Crippen LogP contribution is -2.27. The van der Waals surface area contributed by atoms with E-state index in [1.807, 2.05) is 39.0 Å². The van der Waals surface area contributed by atoms with Crippen molar-refractivity contribution in [3.8, 4) is 11.3 Å². The van der Waals surface area contributed by atoms with Crippen molar-refractivity contribution in [1.82, 2.24) is 9.97 Å². The summed E-state index contributed by atoms with van der Waals surface area (Å²) in [5.41, 5.74) is 1.41. The minimum Gasteiger partial charge on any atom is -0.444 e. The van der Waals surface area contributed by atoms with Crippen LogP contribution in [0.1, 0.15) is 20.8 Å². The Morgan fingerprint density at radius 3 is 2.62 bits per heavy atom. The number of aromatic nitrogens is 2. The van der Waals surface area contributed by atoms with Gasteiger partial charge >= 0.3 is 6.09 Å². The second kappa shape index (κ2) is 6.10. The first-order valence-electron chi connectivity index (χ1n) is 6.42. The molecule has 6 heteroatoms. The SMILES string of the molecule is CC(C)(C)OC(=O)Nc1ccccc1-c1cc(Cl)ncn1. The molecule has 2 rings (SSSR count). The summed E-state index contributed by atoms with van der Waals surface area (Å²) >= 11 is 5.88. The molecule has 0 saturated heterocycles. The summed E-state index contributed by atoms with van der Waals surface area (Å²) in [5, 5.41) is 3.06. The van der Waals surface area contributed by atoms with E-state index in [1.165, 1.54) is 6.33 Å². The molecule has 0 bridgehead atoms. The normalized spacial score (nSPS) is 11.0. The Morgan fingerprint density at radius 1 is 1.24 bits per heavy atom. The molecular weight excluding hydrogens is 290 g/mol. The topological polar surface area (TPSA) is 64.1 Å². The van der Waals surface area contributed by atoms with Gasteiger partial charge in [-0.15, -0.1) is 0 Å². The number of carbonyl (C=O) groups is 1. The molecular formula is C15H16ClN3O2. The van der Waals surface area contributed by atoms with Gasteiger partial charge in [-0.25, -0.2) is 14.8 Å². The van der Waals surface area contributed by atoms with Gasteiger partial charge in [-0.3, -0.25) is 5.32 Å². The van der Waals surface area contributed by atoms with Crippen LogP contribution in [0.5, 0.6) is 0 Å². The van der Waals surface area contributed by atoms with Gasteiger partial charge < -0.3 is 4.74 Å². The molecule has 1 amide bonds. The van der Waals surface area contributed by atoms with E-state index in [0.717, 1.165) is 5.56 Å². The molecule has 0 atom stereocenters. The number of carbonyl (C=O) groups excluding carboxylic acids is 1. The third-order valence-electron chi connectivity index (χ3n) is 2.47. The molecule has 0 saturated carbocycles. The molecule has 0 aliphatic rings. The van der Waals surface area contributed by atoms with Crippen molar-refractivity contribution in [2.45, 2.75) is 26.4 Å². The molecule has 1 aromatic heterocycles. The summed E-state index contributed by atoms with van der Waals surface area (Å²) in [6, 6.07) is 8.92. The van der Waals surface area contributed by atoms with Gasteiger partial charge in [0.25, 0.3) is 0 Å². The summed E-state index contributed by atoms with van der Waals surface area (Å²) in [7, 11) is 0. The monoisotopic (exact) mass is 305 g/mol. The van der Waals surface area contributed by atoms with Crippen molar-refractivity contribution in [2.24, 2.45) is 0 Å². The van der Waals surface area contributed by atoms with Crippen molar-refractivity contribution in [3.05, 3.63) is 41.8 Å². The lowest BCUT2D eigenvalue weighted by molar-refractivity contribution is 0.0636. The second-order valence-electron chi connectivity index (χ2n) is 5.40. The summed E-state index contributed by atoms with van der Waals surface area (Å²) in [6.07, 6.45) is 0.858. The van der Waals surface area contributed by atoms with Crippen LogP contribution in [0.3, 0.4) is 0 Å². The molecule has 5 nitrogen and oxygen atoms in total. The molecule has 1 aromatic carbocycles. The van der Waals surface area contributed by atoms with Crippen molar-refractivity contribution in [3.63, 3.8) is 0 Å². The zero-order chi connectivity index (χ0) is 15.5. The molecule has 0 aliphatic heterocycles. The summed E-state index contributed by atoms with van der Waals surface area (Å²) in [6.45, 7) is 5.42. The number of nitrogens with one attached hydrogen (secondary N) is 1. The highest BCUT2D eigenvalue weighted by Gasteiger charge is 2.17. The standard InChI is InChI=1S/C15H16ClN3O2/c1-15(2,3)21-14(20)19-11-7-5-4-6-10(11)12-8-13(16)18-9-17-12/h4-9H,1-3H3,(H,19,20). The molecule has 1 N–H and O–H groups in total.